The van der Waals surface area contributed by atoms with E-state index in [1.807, 2.05) is 24.3 Å². The minimum Gasteiger partial charge on any atom is -0.390 e. The molecular weight excluding hydrogens is 275 g/mol. The van der Waals surface area contributed by atoms with Crippen molar-refractivity contribution in [2.45, 2.75) is 12.2 Å². The topological polar surface area (TPSA) is 64.5 Å². The second kappa shape index (κ2) is 8.43. The van der Waals surface area contributed by atoms with E-state index in [-0.39, 0.29) is 11.8 Å². The van der Waals surface area contributed by atoms with E-state index in [2.05, 4.69) is 10.6 Å². The summed E-state index contributed by atoms with van der Waals surface area (Å²) in [5.74, 6) is 0.376. The summed E-state index contributed by atoms with van der Waals surface area (Å²) in [7, 11) is 0. The fraction of sp³-hybridized carbons (Fsp3) is 0.500. The molecule has 0 spiro atoms. The Morgan fingerprint density at radius 3 is 1.61 bits per heavy atom. The van der Waals surface area contributed by atoms with Crippen LogP contribution in [0.15, 0.2) is 24.3 Å². The highest BCUT2D eigenvalue weighted by atomic mass is 35.5. The Balaban J connectivity index is 2.56. The van der Waals surface area contributed by atoms with Crippen LogP contribution in [0.4, 0.5) is 11.4 Å². The lowest BCUT2D eigenvalue weighted by atomic mass is 10.2. The number of anilines is 2. The molecule has 0 aliphatic heterocycles. The quantitative estimate of drug-likeness (QED) is 0.551. The van der Waals surface area contributed by atoms with Crippen molar-refractivity contribution >= 4 is 34.6 Å². The fourth-order valence-electron chi connectivity index (χ4n) is 1.36. The van der Waals surface area contributed by atoms with Gasteiger partial charge in [0.25, 0.3) is 0 Å². The monoisotopic (exact) mass is 292 g/mol. The standard InChI is InChI=1S/C12H18Cl2N2O2/c13-5-9(17)7-15-11-3-1-2-4-12(11)16-8-10(18)6-14/h1-4,9-10,15-18H,5-8H2. The van der Waals surface area contributed by atoms with E-state index in [1.165, 1.54) is 0 Å². The molecule has 4 N–H and O–H groups in total. The summed E-state index contributed by atoms with van der Waals surface area (Å²) in [6.07, 6.45) is -1.18. The Labute approximate surface area is 117 Å². The van der Waals surface area contributed by atoms with Crippen LogP contribution in [-0.4, -0.2) is 47.3 Å². The smallest absolute Gasteiger partial charge is 0.0847 e. The number of hydrogen-bond donors (Lipinski definition) is 4. The molecule has 0 heterocycles. The summed E-state index contributed by atoms with van der Waals surface area (Å²) in [6.45, 7) is 0.751. The van der Waals surface area contributed by atoms with Crippen molar-refractivity contribution in [2.75, 3.05) is 35.5 Å². The maximum Gasteiger partial charge on any atom is 0.0847 e. The van der Waals surface area contributed by atoms with Gasteiger partial charge < -0.3 is 20.8 Å². The minimum absolute atomic E-state index is 0.188. The highest BCUT2D eigenvalue weighted by Crippen LogP contribution is 2.20. The molecule has 1 aromatic carbocycles. The lowest BCUT2D eigenvalue weighted by Gasteiger charge is -2.16. The number of hydrogen-bond acceptors (Lipinski definition) is 4. The zero-order valence-electron chi connectivity index (χ0n) is 9.94. The first-order valence-corrected chi connectivity index (χ1v) is 6.79. The molecule has 18 heavy (non-hydrogen) atoms. The molecule has 2 atom stereocenters. The maximum absolute atomic E-state index is 9.39. The summed E-state index contributed by atoms with van der Waals surface area (Å²) >= 11 is 11.1. The summed E-state index contributed by atoms with van der Waals surface area (Å²) in [5.41, 5.74) is 1.70. The average Bonchev–Trinajstić information content (AvgIpc) is 2.42. The lowest BCUT2D eigenvalue weighted by molar-refractivity contribution is 0.210. The van der Waals surface area contributed by atoms with Crippen molar-refractivity contribution in [3.8, 4) is 0 Å². The molecule has 1 rings (SSSR count). The summed E-state index contributed by atoms with van der Waals surface area (Å²) < 4.78 is 0. The van der Waals surface area contributed by atoms with Crippen LogP contribution in [0.1, 0.15) is 0 Å². The molecule has 0 aliphatic carbocycles. The Bertz CT molecular complexity index is 320. The van der Waals surface area contributed by atoms with Crippen molar-refractivity contribution in [1.29, 1.82) is 0 Å². The van der Waals surface area contributed by atoms with Crippen molar-refractivity contribution in [3.05, 3.63) is 24.3 Å². The van der Waals surface area contributed by atoms with E-state index < -0.39 is 12.2 Å². The molecule has 0 fully saturated rings. The van der Waals surface area contributed by atoms with E-state index in [0.29, 0.717) is 13.1 Å². The van der Waals surface area contributed by atoms with Crippen LogP contribution in [0.5, 0.6) is 0 Å². The van der Waals surface area contributed by atoms with Gasteiger partial charge in [-0.1, -0.05) is 12.1 Å². The SMILES string of the molecule is OC(CCl)CNc1ccccc1NCC(O)CCl. The van der Waals surface area contributed by atoms with E-state index in [4.69, 9.17) is 23.2 Å². The van der Waals surface area contributed by atoms with Crippen molar-refractivity contribution < 1.29 is 10.2 Å². The van der Waals surface area contributed by atoms with Gasteiger partial charge in [0, 0.05) is 13.1 Å². The van der Waals surface area contributed by atoms with Gasteiger partial charge in [0.15, 0.2) is 0 Å². The summed E-state index contributed by atoms with van der Waals surface area (Å²) in [5, 5.41) is 25.0. The second-order valence-electron chi connectivity index (χ2n) is 3.92. The van der Waals surface area contributed by atoms with Gasteiger partial charge >= 0.3 is 0 Å². The predicted molar refractivity (Wildman–Crippen MR) is 76.9 cm³/mol. The molecule has 102 valence electrons. The van der Waals surface area contributed by atoms with Crippen LogP contribution in [0.25, 0.3) is 0 Å². The highest BCUT2D eigenvalue weighted by molar-refractivity contribution is 6.18. The molecule has 0 amide bonds. The first-order chi connectivity index (χ1) is 8.67. The van der Waals surface area contributed by atoms with Crippen LogP contribution in [-0.2, 0) is 0 Å². The molecule has 0 saturated heterocycles. The Kier molecular flexibility index (Phi) is 7.20. The number of para-hydroxylation sites is 2. The first kappa shape index (κ1) is 15.4. The van der Waals surface area contributed by atoms with Crippen LogP contribution in [0, 0.1) is 0 Å². The summed E-state index contributed by atoms with van der Waals surface area (Å²) in [6, 6.07) is 7.55. The Morgan fingerprint density at radius 1 is 0.889 bits per heavy atom. The van der Waals surface area contributed by atoms with Gasteiger partial charge in [-0.15, -0.1) is 23.2 Å². The summed E-state index contributed by atoms with van der Waals surface area (Å²) in [4.78, 5) is 0. The van der Waals surface area contributed by atoms with E-state index >= 15 is 0 Å². The Hall–Kier alpha value is -0.680. The third-order valence-corrected chi connectivity index (χ3v) is 3.05. The van der Waals surface area contributed by atoms with Crippen LogP contribution in [0.2, 0.25) is 0 Å². The maximum atomic E-state index is 9.39. The third kappa shape index (κ3) is 5.31. The number of rotatable bonds is 8. The van der Waals surface area contributed by atoms with Gasteiger partial charge in [-0.25, -0.2) is 0 Å². The zero-order valence-corrected chi connectivity index (χ0v) is 11.5. The largest absolute Gasteiger partial charge is 0.390 e. The Morgan fingerprint density at radius 2 is 1.28 bits per heavy atom. The van der Waals surface area contributed by atoms with E-state index in [0.717, 1.165) is 11.4 Å². The van der Waals surface area contributed by atoms with Gasteiger partial charge in [-0.05, 0) is 12.1 Å². The second-order valence-corrected chi connectivity index (χ2v) is 4.54. The molecule has 1 aromatic rings. The molecule has 0 saturated carbocycles. The van der Waals surface area contributed by atoms with E-state index in [1.54, 1.807) is 0 Å². The number of benzene rings is 1. The van der Waals surface area contributed by atoms with Gasteiger partial charge in [0.1, 0.15) is 0 Å². The van der Waals surface area contributed by atoms with Gasteiger partial charge in [0.2, 0.25) is 0 Å². The number of aliphatic hydroxyl groups is 2. The van der Waals surface area contributed by atoms with Crippen molar-refractivity contribution in [3.63, 3.8) is 0 Å². The van der Waals surface area contributed by atoms with Crippen molar-refractivity contribution in [1.82, 2.24) is 0 Å². The molecule has 0 aromatic heterocycles. The number of alkyl halides is 2. The zero-order chi connectivity index (χ0) is 13.4. The molecule has 0 radical (unpaired) electrons. The molecule has 0 bridgehead atoms. The third-order valence-electron chi connectivity index (χ3n) is 2.34. The first-order valence-electron chi connectivity index (χ1n) is 5.72. The predicted octanol–water partition coefficient (Wildman–Crippen LogP) is 1.71. The van der Waals surface area contributed by atoms with Crippen LogP contribution < -0.4 is 10.6 Å². The molecular formula is C12H18Cl2N2O2. The fourth-order valence-corrected chi connectivity index (χ4v) is 1.57. The van der Waals surface area contributed by atoms with Gasteiger partial charge in [-0.3, -0.25) is 0 Å². The number of halogens is 2. The molecule has 6 heteroatoms. The average molecular weight is 293 g/mol. The molecule has 2 unspecified atom stereocenters. The van der Waals surface area contributed by atoms with Gasteiger partial charge in [-0.2, -0.15) is 0 Å². The molecule has 4 nitrogen and oxygen atoms in total. The van der Waals surface area contributed by atoms with Crippen LogP contribution >= 0.6 is 23.2 Å². The van der Waals surface area contributed by atoms with E-state index in [9.17, 15) is 10.2 Å². The number of nitrogens with one attached hydrogen (secondary N) is 2. The van der Waals surface area contributed by atoms with Crippen molar-refractivity contribution in [2.24, 2.45) is 0 Å². The highest BCUT2D eigenvalue weighted by Gasteiger charge is 2.06. The molecule has 0 aliphatic rings. The lowest BCUT2D eigenvalue weighted by Crippen LogP contribution is -2.23. The van der Waals surface area contributed by atoms with Crippen LogP contribution in [0.3, 0.4) is 0 Å². The normalized spacial score (nSPS) is 14.0. The van der Waals surface area contributed by atoms with Gasteiger partial charge in [0.05, 0.1) is 35.3 Å². The minimum atomic E-state index is -0.590. The number of aliphatic hydroxyl groups excluding tert-OH is 2.